The third-order valence-electron chi connectivity index (χ3n) is 15.1. The fraction of sp³-hybridized carbons (Fsp3) is 0.411. The number of anilines is 1. The van der Waals surface area contributed by atoms with Crippen molar-refractivity contribution in [3.8, 4) is 0 Å². The number of hydrogen-bond donors (Lipinski definition) is 1. The molecule has 3 aromatic heterocycles. The Bertz CT molecular complexity index is 3780. The highest BCUT2D eigenvalue weighted by atomic mass is 79.9. The van der Waals surface area contributed by atoms with Gasteiger partial charge in [-0.05, 0) is 195 Å². The van der Waals surface area contributed by atoms with E-state index in [1.807, 2.05) is 96.1 Å². The van der Waals surface area contributed by atoms with Crippen molar-refractivity contribution in [2.24, 2.45) is 0 Å². The van der Waals surface area contributed by atoms with E-state index in [1.54, 1.807) is 44.6 Å². The van der Waals surface area contributed by atoms with Crippen LogP contribution in [0.4, 0.5) is 32.0 Å². The lowest BCUT2D eigenvalue weighted by molar-refractivity contribution is 0.00578. The molecule has 0 aliphatic carbocycles. The number of sulfone groups is 2. The number of nitrogens with zero attached hydrogens (tertiary/aromatic N) is 3. The summed E-state index contributed by atoms with van der Waals surface area (Å²) in [5, 5.41) is 0. The minimum absolute atomic E-state index is 0.360. The second-order valence-electron chi connectivity index (χ2n) is 23.3. The first-order valence-electron chi connectivity index (χ1n) is 26.4. The van der Waals surface area contributed by atoms with Crippen molar-refractivity contribution in [3.05, 3.63) is 163 Å². The van der Waals surface area contributed by atoms with Crippen molar-refractivity contribution in [2.75, 3.05) is 5.73 Å². The van der Waals surface area contributed by atoms with Crippen molar-refractivity contribution in [1.29, 1.82) is 0 Å². The van der Waals surface area contributed by atoms with Crippen LogP contribution in [0.1, 0.15) is 111 Å². The average molecular weight is 1430 g/mol. The predicted octanol–water partition coefficient (Wildman–Crippen LogP) is 12.2. The lowest BCUT2D eigenvalue weighted by Crippen LogP contribution is -2.41. The van der Waals surface area contributed by atoms with Gasteiger partial charge in [-0.25, -0.2) is 51.6 Å². The molecule has 9 rings (SSSR count). The van der Waals surface area contributed by atoms with E-state index in [9.17, 15) is 51.6 Å². The summed E-state index contributed by atoms with van der Waals surface area (Å²) in [5.74, 6) is -6.77. The molecule has 0 saturated carbocycles. The summed E-state index contributed by atoms with van der Waals surface area (Å²) < 4.78 is 187. The number of rotatable bonds is 9. The molecule has 0 unspecified atom stereocenters. The molecule has 0 atom stereocenters. The van der Waals surface area contributed by atoms with Crippen LogP contribution in [0.2, 0.25) is 0 Å². The number of halogens is 9. The van der Waals surface area contributed by atoms with Crippen molar-refractivity contribution < 1.29 is 79.5 Å². The first kappa shape index (κ1) is 73.3. The summed E-state index contributed by atoms with van der Waals surface area (Å²) in [6, 6.07) is 11.9. The van der Waals surface area contributed by atoms with Crippen LogP contribution in [0.15, 0.2) is 115 Å². The first-order valence-corrected chi connectivity index (χ1v) is 33.6. The zero-order valence-corrected chi connectivity index (χ0v) is 56.6. The van der Waals surface area contributed by atoms with Gasteiger partial charge in [0, 0.05) is 73.3 Å². The molecule has 0 spiro atoms. The summed E-state index contributed by atoms with van der Waals surface area (Å²) in [5.41, 5.74) is 7.06. The molecule has 6 heterocycles. The Hall–Kier alpha value is -4.46. The van der Waals surface area contributed by atoms with E-state index in [-0.39, 0.29) is 22.4 Å². The molecule has 2 N–H and O–H groups in total. The van der Waals surface area contributed by atoms with Crippen molar-refractivity contribution >= 4 is 104 Å². The van der Waals surface area contributed by atoms with Gasteiger partial charge in [0.25, 0.3) is 9.05 Å². The Morgan fingerprint density at radius 1 is 0.460 bits per heavy atom. The molecule has 16 nitrogen and oxygen atoms in total. The van der Waals surface area contributed by atoms with Crippen molar-refractivity contribution in [2.45, 2.75) is 164 Å². The van der Waals surface area contributed by atoms with Gasteiger partial charge in [-0.2, -0.15) is 0 Å². The fourth-order valence-electron chi connectivity index (χ4n) is 7.76. The van der Waals surface area contributed by atoms with Crippen LogP contribution in [0, 0.1) is 55.7 Å². The minimum Gasteiger partial charge on any atom is -0.405 e. The molecule has 0 amide bonds. The Morgan fingerprint density at radius 2 is 0.770 bits per heavy atom. The predicted molar refractivity (Wildman–Crippen MR) is 329 cm³/mol. The van der Waals surface area contributed by atoms with Gasteiger partial charge in [0.05, 0.1) is 56.5 Å². The molecular weight excluding hydrogens is 1360 g/mol. The van der Waals surface area contributed by atoms with Gasteiger partial charge in [-0.1, -0.05) is 6.07 Å². The van der Waals surface area contributed by atoms with Crippen LogP contribution in [0.25, 0.3) is 0 Å². The average Bonchev–Trinajstić information content (AvgIpc) is 2.24. The summed E-state index contributed by atoms with van der Waals surface area (Å²) in [6.45, 7) is 29.1. The number of pyridine rings is 3. The SMILES string of the molecule is CC1(C)OB(B2OC(C)(C)C(C)(C)O2)OC1(C)C.Cc1ncc(B2OC(C)(C)C(C)(C)O2)cc1CS(=O)(=O)c1ccc(F)cc1F.Cc1ncc(Br)cc1CS(=O)(=O)c1ccc(F)cc1F.Cc1ncc(Br)cc1N.O=S(=O)(Cl)c1ccc(F)cc1F. The topological polar surface area (TPSA) is 222 Å². The monoisotopic (exact) mass is 1420 g/mol. The van der Waals surface area contributed by atoms with Gasteiger partial charge in [0.2, 0.25) is 0 Å². The quantitative estimate of drug-likeness (QED) is 0.0615. The summed E-state index contributed by atoms with van der Waals surface area (Å²) in [6.07, 6.45) is 4.85. The van der Waals surface area contributed by atoms with Crippen LogP contribution in [-0.4, -0.2) is 94.9 Å². The van der Waals surface area contributed by atoms with Crippen LogP contribution >= 0.6 is 42.5 Å². The molecular formula is C56H66B3Br2ClF6N4O12S3. The third-order valence-corrected chi connectivity index (χ3v) is 20.7. The number of aryl methyl sites for hydroxylation is 3. The van der Waals surface area contributed by atoms with Gasteiger partial charge in [0.1, 0.15) is 49.6 Å². The fourth-order valence-corrected chi connectivity index (χ4v) is 12.4. The summed E-state index contributed by atoms with van der Waals surface area (Å²) in [7, 11) is -8.87. The second kappa shape index (κ2) is 27.6. The maximum absolute atomic E-state index is 14.0. The van der Waals surface area contributed by atoms with E-state index in [4.69, 9.17) is 44.3 Å². The molecule has 6 aromatic rings. The lowest BCUT2D eigenvalue weighted by Gasteiger charge is -2.32. The van der Waals surface area contributed by atoms with E-state index in [2.05, 4.69) is 46.8 Å². The summed E-state index contributed by atoms with van der Waals surface area (Å²) >= 11 is 6.46. The maximum atomic E-state index is 14.0. The van der Waals surface area contributed by atoms with Gasteiger partial charge in [0.15, 0.2) is 19.7 Å². The third kappa shape index (κ3) is 18.6. The molecule has 87 heavy (non-hydrogen) atoms. The number of benzene rings is 3. The van der Waals surface area contributed by atoms with E-state index in [0.29, 0.717) is 50.6 Å². The van der Waals surface area contributed by atoms with Gasteiger partial charge >= 0.3 is 21.1 Å². The zero-order valence-electron chi connectivity index (χ0n) is 50.3. The van der Waals surface area contributed by atoms with Crippen LogP contribution in [-0.2, 0) is 68.2 Å². The highest BCUT2D eigenvalue weighted by Crippen LogP contribution is 2.43. The highest BCUT2D eigenvalue weighted by Gasteiger charge is 2.64. The zero-order chi connectivity index (χ0) is 66.0. The first-order chi connectivity index (χ1) is 39.6. The summed E-state index contributed by atoms with van der Waals surface area (Å²) in [4.78, 5) is 10.5. The number of nitrogen functional groups attached to an aromatic ring is 1. The standard InChI is InChI=1S/C19H22BF2NO4S.C13H10BrF2NO2S.C12H24B2O4.C6H7BrN2.C6H3ClF2O2S/c1-12-13(11-28(24,25)17-7-6-15(21)9-16(17)22)8-14(10-23-12)20-26-18(2,3)19(4,5)27-20;1-8-9(4-10(14)6-17-8)7-20(18,19)13-3-2-11(15)5-12(13)16;1-9(2)10(3,4)16-13(15-9)14-17-11(5,6)12(7,8)18-14;1-4-6(8)2-5(7)3-9-4;7-12(10,11)6-2-1-4(8)3-5(6)9/h6-10H,11H2,1-5H3;2-6H,7H2,1H3;1-8H3;2-3H,8H2,1H3;1-3H. The number of hydrogen-bond acceptors (Lipinski definition) is 16. The maximum Gasteiger partial charge on any atom is 0.496 e. The van der Waals surface area contributed by atoms with E-state index in [1.165, 1.54) is 0 Å². The molecule has 3 saturated heterocycles. The van der Waals surface area contributed by atoms with Crippen LogP contribution in [0.5, 0.6) is 0 Å². The molecule has 3 aliphatic heterocycles. The lowest BCUT2D eigenvalue weighted by atomic mass is 9.49. The number of aromatic nitrogens is 3. The smallest absolute Gasteiger partial charge is 0.405 e. The molecule has 0 bridgehead atoms. The van der Waals surface area contributed by atoms with E-state index >= 15 is 0 Å². The Balaban J connectivity index is 0.000000208. The van der Waals surface area contributed by atoms with Crippen LogP contribution in [0.3, 0.4) is 0 Å². The molecule has 3 fully saturated rings. The Kier molecular flexibility index (Phi) is 23.2. The van der Waals surface area contributed by atoms with Crippen molar-refractivity contribution in [1.82, 2.24) is 15.0 Å². The molecule has 3 aromatic carbocycles. The molecule has 31 heteroatoms. The van der Waals surface area contributed by atoms with E-state index < -0.39 is 122 Å². The molecule has 0 radical (unpaired) electrons. The molecule has 3 aliphatic rings. The van der Waals surface area contributed by atoms with Gasteiger partial charge < -0.3 is 33.7 Å². The number of nitrogens with two attached hydrogens (primary N) is 1. The van der Waals surface area contributed by atoms with Gasteiger partial charge in [-0.15, -0.1) is 0 Å². The van der Waals surface area contributed by atoms with E-state index in [0.717, 1.165) is 52.3 Å². The van der Waals surface area contributed by atoms with Gasteiger partial charge in [-0.3, -0.25) is 15.0 Å². The van der Waals surface area contributed by atoms with Crippen LogP contribution < -0.4 is 11.2 Å². The Labute approximate surface area is 527 Å². The largest absolute Gasteiger partial charge is 0.496 e. The minimum atomic E-state index is -4.12. The van der Waals surface area contributed by atoms with Crippen molar-refractivity contribution in [3.63, 3.8) is 0 Å². The normalized spacial score (nSPS) is 17.8. The Morgan fingerprint density at radius 3 is 1.10 bits per heavy atom. The second-order valence-corrected chi connectivity index (χ2v) is 31.5. The highest BCUT2D eigenvalue weighted by molar-refractivity contribution is 9.10. The molecule has 472 valence electrons.